The Morgan fingerprint density at radius 3 is 2.82 bits per heavy atom. The van der Waals surface area contributed by atoms with Crippen molar-refractivity contribution in [3.05, 3.63) is 36.0 Å². The quantitative estimate of drug-likeness (QED) is 0.681. The standard InChI is InChI=1S/C17H18N2O2S/c1-5-12-8-13-9-14(6-7-15(13)18-10-12)21-17(22-4)16(20)19-11(2)3/h1,6-11,17H,2-4H3,(H,19,20). The molecule has 1 atom stereocenters. The first-order chi connectivity index (χ1) is 10.5. The van der Waals surface area contributed by atoms with Gasteiger partial charge in [-0.2, -0.15) is 0 Å². The number of pyridine rings is 1. The lowest BCUT2D eigenvalue weighted by atomic mass is 10.1. The van der Waals surface area contributed by atoms with Gasteiger partial charge in [-0.25, -0.2) is 0 Å². The van der Waals surface area contributed by atoms with Crippen LogP contribution in [0.4, 0.5) is 0 Å². The van der Waals surface area contributed by atoms with Gasteiger partial charge in [0, 0.05) is 23.2 Å². The number of amides is 1. The van der Waals surface area contributed by atoms with Crippen molar-refractivity contribution >= 4 is 28.6 Å². The number of carbonyl (C=O) groups is 1. The first-order valence-electron chi connectivity index (χ1n) is 6.89. The number of fused-ring (bicyclic) bond motifs is 1. The lowest BCUT2D eigenvalue weighted by Crippen LogP contribution is -2.39. The molecule has 0 bridgehead atoms. The number of hydrogen-bond acceptors (Lipinski definition) is 4. The zero-order valence-corrected chi connectivity index (χ0v) is 13.6. The van der Waals surface area contributed by atoms with Crippen molar-refractivity contribution in [1.82, 2.24) is 10.3 Å². The summed E-state index contributed by atoms with van der Waals surface area (Å²) in [5, 5.41) is 3.73. The predicted molar refractivity (Wildman–Crippen MR) is 90.9 cm³/mol. The molecule has 0 radical (unpaired) electrons. The number of ether oxygens (including phenoxy) is 1. The van der Waals surface area contributed by atoms with E-state index in [9.17, 15) is 4.79 Å². The van der Waals surface area contributed by atoms with Crippen molar-refractivity contribution in [2.75, 3.05) is 6.26 Å². The van der Waals surface area contributed by atoms with Crippen LogP contribution in [0.5, 0.6) is 5.75 Å². The molecule has 22 heavy (non-hydrogen) atoms. The van der Waals surface area contributed by atoms with Gasteiger partial charge in [0.2, 0.25) is 5.44 Å². The summed E-state index contributed by atoms with van der Waals surface area (Å²) in [4.78, 5) is 16.3. The molecular formula is C17H18N2O2S. The van der Waals surface area contributed by atoms with Crippen molar-refractivity contribution in [2.45, 2.75) is 25.3 Å². The predicted octanol–water partition coefficient (Wildman–Crippen LogP) is 2.81. The fraction of sp³-hybridized carbons (Fsp3) is 0.294. The average molecular weight is 314 g/mol. The molecule has 1 unspecified atom stereocenters. The van der Waals surface area contributed by atoms with Crippen LogP contribution in [-0.2, 0) is 4.79 Å². The lowest BCUT2D eigenvalue weighted by Gasteiger charge is -2.18. The fourth-order valence-corrected chi connectivity index (χ4v) is 2.44. The molecule has 0 spiro atoms. The molecule has 2 aromatic rings. The van der Waals surface area contributed by atoms with Crippen LogP contribution in [0.2, 0.25) is 0 Å². The Kier molecular flexibility index (Phi) is 5.29. The van der Waals surface area contributed by atoms with Crippen molar-refractivity contribution in [3.8, 4) is 18.1 Å². The number of terminal acetylenes is 1. The van der Waals surface area contributed by atoms with Gasteiger partial charge in [0.05, 0.1) is 5.52 Å². The molecule has 114 valence electrons. The van der Waals surface area contributed by atoms with Gasteiger partial charge in [-0.3, -0.25) is 9.78 Å². The van der Waals surface area contributed by atoms with Crippen LogP contribution in [0.25, 0.3) is 10.9 Å². The highest BCUT2D eigenvalue weighted by molar-refractivity contribution is 7.99. The van der Waals surface area contributed by atoms with Gasteiger partial charge >= 0.3 is 0 Å². The molecule has 0 saturated carbocycles. The molecule has 1 aromatic heterocycles. The molecule has 1 aromatic carbocycles. The highest BCUT2D eigenvalue weighted by Crippen LogP contribution is 2.23. The van der Waals surface area contributed by atoms with E-state index in [2.05, 4.69) is 16.2 Å². The maximum atomic E-state index is 12.1. The number of thioether (sulfide) groups is 1. The number of rotatable bonds is 5. The smallest absolute Gasteiger partial charge is 0.271 e. The second-order valence-electron chi connectivity index (χ2n) is 5.07. The molecule has 2 rings (SSSR count). The van der Waals surface area contributed by atoms with E-state index in [1.54, 1.807) is 12.3 Å². The van der Waals surface area contributed by atoms with E-state index >= 15 is 0 Å². The lowest BCUT2D eigenvalue weighted by molar-refractivity contribution is -0.124. The summed E-state index contributed by atoms with van der Waals surface area (Å²) in [6, 6.07) is 7.44. The monoisotopic (exact) mass is 314 g/mol. The fourth-order valence-electron chi connectivity index (χ4n) is 1.95. The van der Waals surface area contributed by atoms with Crippen LogP contribution in [0.15, 0.2) is 30.5 Å². The third-order valence-electron chi connectivity index (χ3n) is 2.92. The largest absolute Gasteiger partial charge is 0.470 e. The van der Waals surface area contributed by atoms with Gasteiger partial charge in [0.25, 0.3) is 5.91 Å². The Morgan fingerprint density at radius 1 is 1.41 bits per heavy atom. The van der Waals surface area contributed by atoms with Gasteiger partial charge < -0.3 is 10.1 Å². The number of carbonyl (C=O) groups excluding carboxylic acids is 1. The molecule has 0 aliphatic carbocycles. The molecule has 1 amide bonds. The van der Waals surface area contributed by atoms with Crippen molar-refractivity contribution in [2.24, 2.45) is 0 Å². The van der Waals surface area contributed by atoms with Gasteiger partial charge in [0.15, 0.2) is 0 Å². The molecule has 0 aliphatic rings. The SMILES string of the molecule is C#Cc1cnc2ccc(OC(SC)C(=O)NC(C)C)cc2c1. The second kappa shape index (κ2) is 7.19. The molecular weight excluding hydrogens is 296 g/mol. The van der Waals surface area contributed by atoms with Crippen LogP contribution in [0.1, 0.15) is 19.4 Å². The zero-order valence-electron chi connectivity index (χ0n) is 12.8. The first-order valence-corrected chi connectivity index (χ1v) is 8.18. The summed E-state index contributed by atoms with van der Waals surface area (Å²) in [6.45, 7) is 3.83. The summed E-state index contributed by atoms with van der Waals surface area (Å²) >= 11 is 1.35. The normalized spacial score (nSPS) is 12.0. The van der Waals surface area contributed by atoms with Gasteiger partial charge in [-0.05, 0) is 44.4 Å². The van der Waals surface area contributed by atoms with Crippen LogP contribution in [0.3, 0.4) is 0 Å². The molecule has 0 fully saturated rings. The third kappa shape index (κ3) is 3.92. The maximum absolute atomic E-state index is 12.1. The summed E-state index contributed by atoms with van der Waals surface area (Å²) in [7, 11) is 0. The molecule has 1 heterocycles. The number of hydrogen-bond donors (Lipinski definition) is 1. The number of nitrogens with one attached hydrogen (secondary N) is 1. The number of benzene rings is 1. The highest BCUT2D eigenvalue weighted by atomic mass is 32.2. The van der Waals surface area contributed by atoms with E-state index < -0.39 is 5.44 Å². The maximum Gasteiger partial charge on any atom is 0.271 e. The molecule has 4 nitrogen and oxygen atoms in total. The van der Waals surface area contributed by atoms with E-state index in [1.165, 1.54) is 11.8 Å². The van der Waals surface area contributed by atoms with Crippen molar-refractivity contribution in [3.63, 3.8) is 0 Å². The summed E-state index contributed by atoms with van der Waals surface area (Å²) in [5.41, 5.74) is 0.950. The Labute approximate surface area is 134 Å². The molecule has 5 heteroatoms. The highest BCUT2D eigenvalue weighted by Gasteiger charge is 2.19. The number of nitrogens with zero attached hydrogens (tertiary/aromatic N) is 1. The van der Waals surface area contributed by atoms with E-state index in [-0.39, 0.29) is 11.9 Å². The van der Waals surface area contributed by atoms with Crippen LogP contribution in [0, 0.1) is 12.3 Å². The van der Waals surface area contributed by atoms with E-state index in [0.29, 0.717) is 11.3 Å². The average Bonchev–Trinajstić information content (AvgIpc) is 2.50. The van der Waals surface area contributed by atoms with Gasteiger partial charge in [0.1, 0.15) is 5.75 Å². The topological polar surface area (TPSA) is 51.2 Å². The molecule has 0 aliphatic heterocycles. The van der Waals surface area contributed by atoms with Crippen LogP contribution >= 0.6 is 11.8 Å². The molecule has 1 N–H and O–H groups in total. The van der Waals surface area contributed by atoms with Crippen molar-refractivity contribution < 1.29 is 9.53 Å². The summed E-state index contributed by atoms with van der Waals surface area (Å²) in [5.74, 6) is 3.03. The van der Waals surface area contributed by atoms with Gasteiger partial charge in [-0.1, -0.05) is 5.92 Å². The number of aromatic nitrogens is 1. The van der Waals surface area contributed by atoms with E-state index in [1.807, 2.05) is 38.3 Å². The second-order valence-corrected chi connectivity index (χ2v) is 5.97. The minimum absolute atomic E-state index is 0.0738. The van der Waals surface area contributed by atoms with Crippen molar-refractivity contribution in [1.29, 1.82) is 0 Å². The summed E-state index contributed by atoms with van der Waals surface area (Å²) in [6.07, 6.45) is 8.88. The minimum atomic E-state index is -0.594. The minimum Gasteiger partial charge on any atom is -0.470 e. The third-order valence-corrected chi connectivity index (χ3v) is 3.66. The summed E-state index contributed by atoms with van der Waals surface area (Å²) < 4.78 is 5.78. The van der Waals surface area contributed by atoms with Crippen LogP contribution in [-0.4, -0.2) is 28.6 Å². The Bertz CT molecular complexity index is 722. The first kappa shape index (κ1) is 16.2. The zero-order chi connectivity index (χ0) is 16.1. The van der Waals surface area contributed by atoms with Gasteiger partial charge in [-0.15, -0.1) is 18.2 Å². The van der Waals surface area contributed by atoms with E-state index in [4.69, 9.17) is 11.2 Å². The van der Waals surface area contributed by atoms with E-state index in [0.717, 1.165) is 10.9 Å². The Morgan fingerprint density at radius 2 is 2.18 bits per heavy atom. The molecule has 0 saturated heterocycles. The Hall–Kier alpha value is -2.19. The Balaban J connectivity index is 2.22. The van der Waals surface area contributed by atoms with Crippen LogP contribution < -0.4 is 10.1 Å².